The van der Waals surface area contributed by atoms with Crippen LogP contribution in [0.4, 0.5) is 17.1 Å². The Labute approximate surface area is 292 Å². The Morgan fingerprint density at radius 2 is 1.40 bits per heavy atom. The van der Waals surface area contributed by atoms with E-state index >= 15 is 0 Å². The van der Waals surface area contributed by atoms with Crippen LogP contribution in [0, 0.1) is 17.9 Å². The van der Waals surface area contributed by atoms with E-state index in [1.807, 2.05) is 0 Å². The number of allylic oxidation sites excluding steroid dienone is 5. The summed E-state index contributed by atoms with van der Waals surface area (Å²) in [4.78, 5) is 4.83. The molecule has 234 valence electrons. The molecule has 0 amide bonds. The van der Waals surface area contributed by atoms with Gasteiger partial charge in [-0.2, -0.15) is 5.26 Å². The first kappa shape index (κ1) is 34.0. The van der Waals surface area contributed by atoms with Crippen LogP contribution >= 0.6 is 46.4 Å². The van der Waals surface area contributed by atoms with Crippen molar-refractivity contribution in [3.05, 3.63) is 157 Å². The first-order valence-electron chi connectivity index (χ1n) is 13.8. The first-order chi connectivity index (χ1) is 22.5. The van der Waals surface area contributed by atoms with Crippen LogP contribution in [0.1, 0.15) is 11.1 Å². The Morgan fingerprint density at radius 3 is 1.96 bits per heavy atom. The van der Waals surface area contributed by atoms with Crippen LogP contribution in [0.15, 0.2) is 120 Å². The molecule has 0 aliphatic heterocycles. The molecule has 12 heteroatoms. The second kappa shape index (κ2) is 14.6. The van der Waals surface area contributed by atoms with Gasteiger partial charge in [-0.3, -0.25) is 0 Å². The summed E-state index contributed by atoms with van der Waals surface area (Å²) in [7, 11) is -4.86. The summed E-state index contributed by atoms with van der Waals surface area (Å²) in [5.41, 5.74) is 4.02. The van der Waals surface area contributed by atoms with Crippen molar-refractivity contribution in [2.24, 2.45) is 0 Å². The van der Waals surface area contributed by atoms with E-state index in [9.17, 15) is 18.2 Å². The molecule has 7 nitrogen and oxygen atoms in total. The Hall–Kier alpha value is -4.38. The number of para-hydroxylation sites is 2. The first-order valence-corrected chi connectivity index (χ1v) is 16.7. The van der Waals surface area contributed by atoms with Crippen LogP contribution in [-0.4, -0.2) is 36.5 Å². The summed E-state index contributed by atoms with van der Waals surface area (Å²) in [6, 6.07) is 25.3. The number of halogens is 4. The Morgan fingerprint density at radius 1 is 0.830 bits per heavy atom. The van der Waals surface area contributed by atoms with Gasteiger partial charge in [0.05, 0.1) is 26.7 Å². The van der Waals surface area contributed by atoms with Crippen LogP contribution in [0.25, 0.3) is 10.4 Å². The van der Waals surface area contributed by atoms with Gasteiger partial charge in [-0.05, 0) is 71.3 Å². The van der Waals surface area contributed by atoms with E-state index in [1.54, 1.807) is 107 Å². The molecule has 0 heterocycles. The highest BCUT2D eigenvalue weighted by molar-refractivity contribution is 7.85. The molecule has 0 atom stereocenters. The average Bonchev–Trinajstić information content (AvgIpc) is 3.04. The van der Waals surface area contributed by atoms with Crippen molar-refractivity contribution in [2.45, 2.75) is 4.90 Å². The Bertz CT molecular complexity index is 2140. The SMILES string of the molecule is [C-]#[N+]C[N+](=C1C=CC(=C(c2ccc(N(CC#N)c3c(Cl)cccc3Cl)cc2)c2ccccc2S(=O)(=O)[O-])C=C1)c1c(Cl)cccc1Cl. The zero-order valence-electron chi connectivity index (χ0n) is 24.2. The highest BCUT2D eigenvalue weighted by atomic mass is 35.5. The third-order valence-corrected chi connectivity index (χ3v) is 9.33. The van der Waals surface area contributed by atoms with Crippen molar-refractivity contribution in [1.29, 1.82) is 5.26 Å². The molecule has 0 saturated heterocycles. The molecule has 0 N–H and O–H groups in total. The Kier molecular flexibility index (Phi) is 10.5. The lowest BCUT2D eigenvalue weighted by Gasteiger charge is -2.25. The summed E-state index contributed by atoms with van der Waals surface area (Å²) in [5.74, 6) is 0. The number of nitrogens with zero attached hydrogens (tertiary/aromatic N) is 4. The number of anilines is 2. The molecule has 4 aromatic carbocycles. The fraction of sp³-hybridized carbons (Fsp3) is 0.0571. The molecule has 0 bridgehead atoms. The minimum Gasteiger partial charge on any atom is -0.744 e. The number of nitriles is 1. The van der Waals surface area contributed by atoms with Gasteiger partial charge >= 0.3 is 6.67 Å². The van der Waals surface area contributed by atoms with Crippen molar-refractivity contribution in [3.8, 4) is 6.07 Å². The van der Waals surface area contributed by atoms with E-state index in [1.165, 1.54) is 12.1 Å². The van der Waals surface area contributed by atoms with E-state index in [0.717, 1.165) is 0 Å². The fourth-order valence-electron chi connectivity index (χ4n) is 5.20. The van der Waals surface area contributed by atoms with Gasteiger partial charge in [-0.15, -0.1) is 4.58 Å². The third-order valence-electron chi connectivity index (χ3n) is 7.22. The molecule has 0 aromatic heterocycles. The highest BCUT2D eigenvalue weighted by Gasteiger charge is 2.25. The molecule has 1 aliphatic carbocycles. The number of rotatable bonds is 8. The summed E-state index contributed by atoms with van der Waals surface area (Å²) >= 11 is 25.9. The summed E-state index contributed by atoms with van der Waals surface area (Å²) < 4.78 is 38.9. The standard InChI is InChI=1S/C35H22Cl4N4O3S/c1-41-22-43(35-30(38)9-5-10-31(35)39)26-18-14-24(15-19-26)33(27-6-2-3-11-32(27)47(44,45)46)23-12-16-25(17-13-23)42(21-20-40)34-28(36)7-4-8-29(34)37/h2-19H,21-22H2. The second-order valence-electron chi connectivity index (χ2n) is 10.0. The van der Waals surface area contributed by atoms with Crippen molar-refractivity contribution in [2.75, 3.05) is 18.1 Å². The van der Waals surface area contributed by atoms with E-state index < -0.39 is 10.1 Å². The van der Waals surface area contributed by atoms with Crippen molar-refractivity contribution in [3.63, 3.8) is 0 Å². The molecular weight excluding hydrogens is 698 g/mol. The molecule has 0 unspecified atom stereocenters. The molecule has 1 aliphatic rings. The summed E-state index contributed by atoms with van der Waals surface area (Å²) in [6.45, 7) is 7.40. The zero-order chi connectivity index (χ0) is 33.7. The smallest absolute Gasteiger partial charge is 0.407 e. The maximum absolute atomic E-state index is 12.4. The summed E-state index contributed by atoms with van der Waals surface area (Å²) in [6.07, 6.45) is 7.05. The van der Waals surface area contributed by atoms with Crippen molar-refractivity contribution >= 4 is 84.9 Å². The van der Waals surface area contributed by atoms with E-state index in [0.29, 0.717) is 59.6 Å². The van der Waals surface area contributed by atoms with Crippen LogP contribution in [0.5, 0.6) is 0 Å². The molecule has 0 spiro atoms. The van der Waals surface area contributed by atoms with Gasteiger partial charge in [0.2, 0.25) is 11.4 Å². The number of hydrogen-bond acceptors (Lipinski definition) is 5. The van der Waals surface area contributed by atoms with Crippen LogP contribution < -0.4 is 4.90 Å². The van der Waals surface area contributed by atoms with Crippen molar-refractivity contribution < 1.29 is 17.5 Å². The third kappa shape index (κ3) is 7.30. The monoisotopic (exact) mass is 718 g/mol. The molecule has 0 radical (unpaired) electrons. The van der Waals surface area contributed by atoms with Gasteiger partial charge in [-0.25, -0.2) is 19.8 Å². The average molecular weight is 720 g/mol. The van der Waals surface area contributed by atoms with Gasteiger partial charge < -0.3 is 9.45 Å². The van der Waals surface area contributed by atoms with Gasteiger partial charge in [0.15, 0.2) is 0 Å². The van der Waals surface area contributed by atoms with Gasteiger partial charge in [0.1, 0.15) is 26.7 Å². The second-order valence-corrected chi connectivity index (χ2v) is 13.0. The largest absolute Gasteiger partial charge is 0.744 e. The molecule has 0 fully saturated rings. The van der Waals surface area contributed by atoms with E-state index in [-0.39, 0.29) is 23.7 Å². The molecular formula is C35H22Cl4N4O3S. The molecule has 47 heavy (non-hydrogen) atoms. The lowest BCUT2D eigenvalue weighted by molar-refractivity contribution is -0.427. The van der Waals surface area contributed by atoms with Crippen LogP contribution in [0.2, 0.25) is 20.1 Å². The lowest BCUT2D eigenvalue weighted by Crippen LogP contribution is -2.18. The minimum absolute atomic E-state index is 0.0470. The topological polar surface area (TPSA) is 91.6 Å². The zero-order valence-corrected chi connectivity index (χ0v) is 28.1. The quantitative estimate of drug-likeness (QED) is 0.0783. The van der Waals surface area contributed by atoms with Gasteiger partial charge in [0.25, 0.3) is 0 Å². The maximum atomic E-state index is 12.4. The van der Waals surface area contributed by atoms with E-state index in [2.05, 4.69) is 10.9 Å². The Balaban J connectivity index is 1.69. The molecule has 4 aromatic rings. The molecule has 5 rings (SSSR count). The number of hydrogen-bond donors (Lipinski definition) is 0. The van der Waals surface area contributed by atoms with Crippen LogP contribution in [0.3, 0.4) is 0 Å². The summed E-state index contributed by atoms with van der Waals surface area (Å²) in [5, 5.41) is 11.1. The fourth-order valence-corrected chi connectivity index (χ4v) is 7.09. The van der Waals surface area contributed by atoms with Crippen LogP contribution in [-0.2, 0) is 10.1 Å². The lowest BCUT2D eigenvalue weighted by atomic mass is 9.90. The normalized spacial score (nSPS) is 12.4. The van der Waals surface area contributed by atoms with Gasteiger partial charge in [0, 0.05) is 23.4 Å². The predicted molar refractivity (Wildman–Crippen MR) is 187 cm³/mol. The van der Waals surface area contributed by atoms with Gasteiger partial charge in [-0.1, -0.05) is 88.9 Å². The minimum atomic E-state index is -4.86. The van der Waals surface area contributed by atoms with Crippen molar-refractivity contribution in [1.82, 2.24) is 0 Å². The highest BCUT2D eigenvalue weighted by Crippen LogP contribution is 2.40. The predicted octanol–water partition coefficient (Wildman–Crippen LogP) is 9.46. The maximum Gasteiger partial charge on any atom is 0.407 e. The van der Waals surface area contributed by atoms with E-state index in [4.69, 9.17) is 53.0 Å². The number of benzene rings is 4. The molecule has 0 saturated carbocycles.